The number of anilines is 1. The van der Waals surface area contributed by atoms with Crippen molar-refractivity contribution in [3.8, 4) is 45.6 Å². The number of aromatic nitrogens is 1. The Morgan fingerprint density at radius 2 is 1.53 bits per heavy atom. The summed E-state index contributed by atoms with van der Waals surface area (Å²) < 4.78 is 0. The molecular weight excluding hydrogens is 736 g/mol. The molecule has 0 amide bonds. The number of rotatable bonds is 8. The van der Waals surface area contributed by atoms with Crippen LogP contribution in [0, 0.1) is 36.5 Å². The number of nitriles is 2. The second kappa shape index (κ2) is 15.7. The van der Waals surface area contributed by atoms with Crippen molar-refractivity contribution in [3.05, 3.63) is 208 Å². The van der Waals surface area contributed by atoms with Crippen molar-refractivity contribution in [1.82, 2.24) is 4.98 Å². The first kappa shape index (κ1) is 37.5. The van der Waals surface area contributed by atoms with E-state index < -0.39 is 7.92 Å². The predicted molar refractivity (Wildman–Crippen MR) is 248 cm³/mol. The number of nitrogens with one attached hydrogen (secondary N) is 1. The van der Waals surface area contributed by atoms with E-state index in [9.17, 15) is 10.5 Å². The Balaban J connectivity index is 1.29. The molecule has 2 atom stereocenters. The Kier molecular flexibility index (Phi) is 9.96. The molecule has 0 radical (unpaired) electrons. The maximum Gasteiger partial charge on any atom is 0.0991 e. The van der Waals surface area contributed by atoms with E-state index in [0.29, 0.717) is 11.1 Å². The molecule has 0 saturated heterocycles. The molecule has 5 heteroatoms. The van der Waals surface area contributed by atoms with Gasteiger partial charge in [0.05, 0.1) is 40.5 Å². The smallest absolute Gasteiger partial charge is 0.0991 e. The lowest BCUT2D eigenvalue weighted by Gasteiger charge is -2.34. The highest BCUT2D eigenvalue weighted by atomic mass is 31.1. The molecule has 59 heavy (non-hydrogen) atoms. The topological polar surface area (TPSA) is 72.5 Å². The molecule has 0 saturated carbocycles. The molecule has 7 aromatic rings. The molecule has 1 aliphatic carbocycles. The predicted octanol–water partition coefficient (Wildman–Crippen LogP) is 13.9. The van der Waals surface area contributed by atoms with E-state index in [1.54, 1.807) is 0 Å². The van der Waals surface area contributed by atoms with Gasteiger partial charge in [-0.2, -0.15) is 10.5 Å². The minimum absolute atomic E-state index is 0.135. The number of para-hydroxylation sites is 1. The van der Waals surface area contributed by atoms with Gasteiger partial charge in [0.25, 0.3) is 0 Å². The highest BCUT2D eigenvalue weighted by Gasteiger charge is 2.32. The molecule has 282 valence electrons. The van der Waals surface area contributed by atoms with Gasteiger partial charge in [-0.25, -0.2) is 4.98 Å². The zero-order valence-electron chi connectivity index (χ0n) is 33.3. The molecule has 9 rings (SSSR count). The first-order chi connectivity index (χ1) is 28.9. The molecule has 0 bridgehead atoms. The normalized spacial score (nSPS) is 15.0. The number of pyridine rings is 1. The maximum absolute atomic E-state index is 9.70. The van der Waals surface area contributed by atoms with E-state index in [2.05, 4.69) is 154 Å². The quantitative estimate of drug-likeness (QED) is 0.0948. The Hall–Kier alpha value is -7.10. The van der Waals surface area contributed by atoms with Gasteiger partial charge < -0.3 is 5.32 Å². The van der Waals surface area contributed by atoms with Gasteiger partial charge in [0.15, 0.2) is 0 Å². The van der Waals surface area contributed by atoms with Crippen molar-refractivity contribution < 1.29 is 0 Å². The average Bonchev–Trinajstić information content (AvgIpc) is 3.81. The zero-order valence-corrected chi connectivity index (χ0v) is 34.2. The lowest BCUT2D eigenvalue weighted by Crippen LogP contribution is -2.20. The standard InChI is InChI=1S/C54H41N4P/c1-5-6-7-13-34(2)59(43-15-8-9-16-43)44-17-12-14-41(30-44)42-28-29-46-48(31-42)58-54(40-26-22-38(33-56)23-27-40)52-35(3)49-45-18-10-11-19-47(45)57-53(51(49)36(4)50(46)52)39-24-20-37(32-55)21-25-39/h5-8,10-31,53,57H,1,9H2,2-4H3/b7-6-,34-13+. The molecule has 0 spiro atoms. The molecule has 2 unspecified atom stereocenters. The van der Waals surface area contributed by atoms with Gasteiger partial charge >= 0.3 is 0 Å². The van der Waals surface area contributed by atoms with E-state index in [0.717, 1.165) is 67.5 Å². The van der Waals surface area contributed by atoms with Gasteiger partial charge in [-0.1, -0.05) is 122 Å². The summed E-state index contributed by atoms with van der Waals surface area (Å²) >= 11 is 0. The zero-order chi connectivity index (χ0) is 40.6. The van der Waals surface area contributed by atoms with Gasteiger partial charge in [-0.3, -0.25) is 0 Å². The average molecular weight is 777 g/mol. The fourth-order valence-electron chi connectivity index (χ4n) is 8.86. The Labute approximate surface area is 347 Å². The van der Waals surface area contributed by atoms with Crippen LogP contribution in [0.5, 0.6) is 0 Å². The maximum atomic E-state index is 9.70. The van der Waals surface area contributed by atoms with Crippen LogP contribution in [0.1, 0.15) is 52.8 Å². The molecule has 0 fully saturated rings. The number of aryl methyl sites for hydroxylation is 2. The molecule has 2 heterocycles. The fraction of sp³-hybridized carbons (Fsp3) is 0.0926. The second-order valence-electron chi connectivity index (χ2n) is 15.1. The van der Waals surface area contributed by atoms with E-state index in [4.69, 9.17) is 4.98 Å². The van der Waals surface area contributed by atoms with Crippen molar-refractivity contribution in [1.29, 1.82) is 10.5 Å². The monoisotopic (exact) mass is 776 g/mol. The SMILES string of the molecule is C=C/C=C\C=C(/C)P(C1=CCC=C1)c1cccc(-c2ccc3c(c2)nc(-c2ccc(C#N)cc2)c2c(C)c4c(c(C)c23)C(c2ccc(C#N)cc2)Nc2ccccc2-4)c1. The number of hydrogen-bond donors (Lipinski definition) is 1. The highest BCUT2D eigenvalue weighted by molar-refractivity contribution is 7.73. The van der Waals surface area contributed by atoms with Crippen molar-refractivity contribution in [2.75, 3.05) is 5.32 Å². The van der Waals surface area contributed by atoms with Gasteiger partial charge in [0.2, 0.25) is 0 Å². The van der Waals surface area contributed by atoms with Crippen LogP contribution in [-0.2, 0) is 0 Å². The molecule has 1 N–H and O–H groups in total. The Bertz CT molecular complexity index is 3060. The summed E-state index contributed by atoms with van der Waals surface area (Å²) in [5.41, 5.74) is 14.4. The van der Waals surface area contributed by atoms with Crippen LogP contribution in [0.4, 0.5) is 5.69 Å². The summed E-state index contributed by atoms with van der Waals surface area (Å²) in [6.07, 6.45) is 15.9. The largest absolute Gasteiger partial charge is 0.374 e. The van der Waals surface area contributed by atoms with Crippen molar-refractivity contribution >= 4 is 40.6 Å². The van der Waals surface area contributed by atoms with Gasteiger partial charge in [0.1, 0.15) is 0 Å². The van der Waals surface area contributed by atoms with Crippen LogP contribution >= 0.6 is 7.92 Å². The summed E-state index contributed by atoms with van der Waals surface area (Å²) in [7, 11) is -0.708. The van der Waals surface area contributed by atoms with Gasteiger partial charge in [-0.05, 0) is 138 Å². The van der Waals surface area contributed by atoms with E-state index >= 15 is 0 Å². The molecule has 6 aromatic carbocycles. The van der Waals surface area contributed by atoms with Crippen molar-refractivity contribution in [2.24, 2.45) is 0 Å². The number of nitrogens with zero attached hydrogens (tertiary/aromatic N) is 3. The van der Waals surface area contributed by atoms with Crippen molar-refractivity contribution in [2.45, 2.75) is 33.2 Å². The van der Waals surface area contributed by atoms with Gasteiger partial charge in [0, 0.05) is 27.6 Å². The third kappa shape index (κ3) is 6.69. The fourth-order valence-corrected chi connectivity index (χ4v) is 11.3. The molecular formula is C54H41N4P. The molecule has 2 aliphatic rings. The first-order valence-electron chi connectivity index (χ1n) is 19.9. The Morgan fingerprint density at radius 1 is 0.797 bits per heavy atom. The minimum Gasteiger partial charge on any atom is -0.374 e. The summed E-state index contributed by atoms with van der Waals surface area (Å²) in [5.74, 6) is 0. The summed E-state index contributed by atoms with van der Waals surface area (Å²) in [4.78, 5) is 5.54. The minimum atomic E-state index is -0.708. The lowest BCUT2D eigenvalue weighted by molar-refractivity contribution is 0.918. The van der Waals surface area contributed by atoms with Crippen LogP contribution in [0.15, 0.2) is 175 Å². The van der Waals surface area contributed by atoms with E-state index in [1.165, 1.54) is 38.0 Å². The molecule has 1 aliphatic heterocycles. The second-order valence-corrected chi connectivity index (χ2v) is 17.5. The number of fused-ring (bicyclic) bond motifs is 6. The van der Waals surface area contributed by atoms with E-state index in [1.807, 2.05) is 48.6 Å². The van der Waals surface area contributed by atoms with Crippen LogP contribution in [0.25, 0.3) is 55.2 Å². The first-order valence-corrected chi connectivity index (χ1v) is 21.2. The molecule has 4 nitrogen and oxygen atoms in total. The summed E-state index contributed by atoms with van der Waals surface area (Å²) in [5, 5.41) is 30.6. The summed E-state index contributed by atoms with van der Waals surface area (Å²) in [6.45, 7) is 10.6. The van der Waals surface area contributed by atoms with Crippen LogP contribution < -0.4 is 10.6 Å². The van der Waals surface area contributed by atoms with E-state index in [-0.39, 0.29) is 6.04 Å². The highest BCUT2D eigenvalue weighted by Crippen LogP contribution is 2.54. The summed E-state index contributed by atoms with van der Waals surface area (Å²) in [6, 6.07) is 44.5. The van der Waals surface area contributed by atoms with Crippen LogP contribution in [0.3, 0.4) is 0 Å². The van der Waals surface area contributed by atoms with Gasteiger partial charge in [-0.15, -0.1) is 0 Å². The third-order valence-corrected chi connectivity index (χ3v) is 14.1. The Morgan fingerprint density at radius 3 is 2.25 bits per heavy atom. The van der Waals surface area contributed by atoms with Crippen molar-refractivity contribution in [3.63, 3.8) is 0 Å². The van der Waals surface area contributed by atoms with Crippen LogP contribution in [-0.4, -0.2) is 4.98 Å². The van der Waals surface area contributed by atoms with Crippen LogP contribution in [0.2, 0.25) is 0 Å². The lowest BCUT2D eigenvalue weighted by atomic mass is 9.77. The number of benzene rings is 6. The number of allylic oxidation sites excluding steroid dienone is 9. The third-order valence-electron chi connectivity index (χ3n) is 11.6. The number of hydrogen-bond acceptors (Lipinski definition) is 4. The molecule has 1 aromatic heterocycles.